The van der Waals surface area contributed by atoms with Crippen LogP contribution in [-0.2, 0) is 4.74 Å². The Morgan fingerprint density at radius 3 is 2.86 bits per heavy atom. The van der Waals surface area contributed by atoms with E-state index in [1.54, 1.807) is 0 Å². The molecule has 0 unspecified atom stereocenters. The van der Waals surface area contributed by atoms with Crippen molar-refractivity contribution >= 4 is 38.8 Å². The minimum Gasteiger partial charge on any atom is -0.492 e. The third-order valence-corrected chi connectivity index (χ3v) is 3.25. The van der Waals surface area contributed by atoms with Crippen molar-refractivity contribution < 1.29 is 14.3 Å². The Bertz CT molecular complexity index is 463. The molecule has 1 aliphatic rings. The minimum atomic E-state index is -0.293. The van der Waals surface area contributed by atoms with Gasteiger partial charge in [0.05, 0.1) is 7.11 Å². The van der Waals surface area contributed by atoms with Crippen LogP contribution in [0, 0.1) is 0 Å². The van der Waals surface area contributed by atoms with Gasteiger partial charge in [-0.15, -0.1) is 11.3 Å². The highest BCUT2D eigenvalue weighted by Gasteiger charge is 2.30. The van der Waals surface area contributed by atoms with Crippen molar-refractivity contribution in [2.75, 3.05) is 7.11 Å². The van der Waals surface area contributed by atoms with Gasteiger partial charge in [0.15, 0.2) is 9.68 Å². The highest BCUT2D eigenvalue weighted by molar-refractivity contribution is 9.11. The molecule has 1 aliphatic carbocycles. The van der Waals surface area contributed by atoms with Crippen molar-refractivity contribution in [3.63, 3.8) is 0 Å². The van der Waals surface area contributed by atoms with Gasteiger partial charge in [-0.25, -0.2) is 4.98 Å². The summed E-state index contributed by atoms with van der Waals surface area (Å²) >= 11 is 4.26. The molecule has 0 radical (unpaired) electrons. The molecule has 2 rings (SSSR count). The largest absolute Gasteiger partial charge is 0.492 e. The number of ketones is 2. The van der Waals surface area contributed by atoms with Crippen LogP contribution in [0.3, 0.4) is 0 Å². The number of Topliss-reactive ketones (excluding diaryl/α,β-unsaturated/α-hetero) is 1. The molecule has 1 aromatic rings. The molecular weight excluding hydrogens is 270 g/mol. The fourth-order valence-corrected chi connectivity index (χ4v) is 2.54. The Kier molecular flexibility index (Phi) is 2.24. The maximum Gasteiger partial charge on any atom is 0.240 e. The monoisotopic (exact) mass is 273 g/mol. The van der Waals surface area contributed by atoms with Gasteiger partial charge in [-0.3, -0.25) is 9.59 Å². The summed E-state index contributed by atoms with van der Waals surface area (Å²) in [5.74, 6) is -0.512. The number of carbonyl (C=O) groups excluding carboxylic acids is 2. The van der Waals surface area contributed by atoms with Gasteiger partial charge < -0.3 is 4.74 Å². The number of aromatic nitrogens is 1. The fraction of sp³-hybridized carbons (Fsp3) is 0.125. The second-order valence-electron chi connectivity index (χ2n) is 2.55. The lowest BCUT2D eigenvalue weighted by Crippen LogP contribution is -2.16. The minimum absolute atomic E-state index is 0.0682. The SMILES string of the molecule is COC1=CC(=O)c2nc(Br)sc2C1=O. The summed E-state index contributed by atoms with van der Waals surface area (Å²) in [4.78, 5) is 27.3. The Hall–Kier alpha value is -1.01. The van der Waals surface area contributed by atoms with E-state index >= 15 is 0 Å². The quantitative estimate of drug-likeness (QED) is 0.783. The zero-order chi connectivity index (χ0) is 10.3. The van der Waals surface area contributed by atoms with E-state index in [0.717, 1.165) is 17.4 Å². The standard InChI is InChI=1S/C8H4BrNO3S/c1-13-4-2-3(11)5-7(6(4)12)14-8(9)10-5/h2H,1H3. The molecule has 14 heavy (non-hydrogen) atoms. The van der Waals surface area contributed by atoms with Gasteiger partial charge in [0.25, 0.3) is 0 Å². The van der Waals surface area contributed by atoms with Crippen molar-refractivity contribution in [3.05, 3.63) is 26.3 Å². The molecule has 0 amide bonds. The number of allylic oxidation sites excluding steroid dienone is 2. The number of hydrogen-bond acceptors (Lipinski definition) is 5. The molecule has 0 saturated heterocycles. The first-order valence-electron chi connectivity index (χ1n) is 3.64. The van der Waals surface area contributed by atoms with Crippen LogP contribution in [-0.4, -0.2) is 23.7 Å². The predicted molar refractivity (Wildman–Crippen MR) is 53.6 cm³/mol. The van der Waals surface area contributed by atoms with Crippen LogP contribution in [0.2, 0.25) is 0 Å². The maximum atomic E-state index is 11.6. The Labute approximate surface area is 91.7 Å². The first-order chi connectivity index (χ1) is 6.63. The number of thiazole rings is 1. The van der Waals surface area contributed by atoms with Gasteiger partial charge in [0.2, 0.25) is 11.6 Å². The highest BCUT2D eigenvalue weighted by Crippen LogP contribution is 2.29. The maximum absolute atomic E-state index is 11.6. The predicted octanol–water partition coefficient (Wildman–Crippen LogP) is 1.81. The molecule has 0 aromatic carbocycles. The Morgan fingerprint density at radius 1 is 1.50 bits per heavy atom. The Morgan fingerprint density at radius 2 is 2.21 bits per heavy atom. The van der Waals surface area contributed by atoms with E-state index in [1.807, 2.05) is 0 Å². The number of hydrogen-bond donors (Lipinski definition) is 0. The fourth-order valence-electron chi connectivity index (χ4n) is 1.13. The van der Waals surface area contributed by atoms with Gasteiger partial charge in [-0.05, 0) is 15.9 Å². The van der Waals surface area contributed by atoms with E-state index in [2.05, 4.69) is 20.9 Å². The second kappa shape index (κ2) is 3.29. The number of halogens is 1. The van der Waals surface area contributed by atoms with Crippen molar-refractivity contribution in [2.45, 2.75) is 0 Å². The van der Waals surface area contributed by atoms with E-state index in [1.165, 1.54) is 7.11 Å². The van der Waals surface area contributed by atoms with Gasteiger partial charge in [0.1, 0.15) is 10.6 Å². The number of nitrogens with zero attached hydrogens (tertiary/aromatic N) is 1. The zero-order valence-corrected chi connectivity index (χ0v) is 9.44. The topological polar surface area (TPSA) is 56.3 Å². The third kappa shape index (κ3) is 1.31. The first kappa shape index (κ1) is 9.54. The lowest BCUT2D eigenvalue weighted by Gasteiger charge is -2.07. The average molecular weight is 274 g/mol. The number of carbonyl (C=O) groups is 2. The average Bonchev–Trinajstić information content (AvgIpc) is 2.54. The summed E-state index contributed by atoms with van der Waals surface area (Å²) in [6.45, 7) is 0. The number of rotatable bonds is 1. The van der Waals surface area contributed by atoms with E-state index < -0.39 is 0 Å². The molecule has 4 nitrogen and oxygen atoms in total. The van der Waals surface area contributed by atoms with E-state index in [4.69, 9.17) is 4.74 Å². The molecule has 0 aliphatic heterocycles. The molecule has 72 valence electrons. The molecule has 0 atom stereocenters. The second-order valence-corrected chi connectivity index (χ2v) is 4.83. The van der Waals surface area contributed by atoms with E-state index in [-0.39, 0.29) is 23.0 Å². The molecule has 6 heteroatoms. The summed E-state index contributed by atoms with van der Waals surface area (Å²) in [6.07, 6.45) is 1.16. The van der Waals surface area contributed by atoms with Crippen molar-refractivity contribution in [1.29, 1.82) is 0 Å². The van der Waals surface area contributed by atoms with Gasteiger partial charge >= 0.3 is 0 Å². The molecule has 0 saturated carbocycles. The van der Waals surface area contributed by atoms with Crippen LogP contribution in [0.1, 0.15) is 20.2 Å². The van der Waals surface area contributed by atoms with Gasteiger partial charge in [-0.2, -0.15) is 0 Å². The summed E-state index contributed by atoms with van der Waals surface area (Å²) in [6, 6.07) is 0. The molecule has 0 bridgehead atoms. The number of ether oxygens (including phenoxy) is 1. The van der Waals surface area contributed by atoms with Crippen molar-refractivity contribution in [2.24, 2.45) is 0 Å². The van der Waals surface area contributed by atoms with Crippen molar-refractivity contribution in [3.8, 4) is 0 Å². The highest BCUT2D eigenvalue weighted by atomic mass is 79.9. The van der Waals surface area contributed by atoms with Crippen molar-refractivity contribution in [1.82, 2.24) is 4.98 Å². The van der Waals surface area contributed by atoms with Crippen LogP contribution in [0.15, 0.2) is 15.8 Å². The molecule has 0 N–H and O–H groups in total. The van der Waals surface area contributed by atoms with Gasteiger partial charge in [0, 0.05) is 6.08 Å². The molecule has 1 aromatic heterocycles. The van der Waals surface area contributed by atoms with Crippen LogP contribution in [0.25, 0.3) is 0 Å². The van der Waals surface area contributed by atoms with Crippen LogP contribution >= 0.6 is 27.3 Å². The van der Waals surface area contributed by atoms with E-state index in [9.17, 15) is 9.59 Å². The summed E-state index contributed by atoms with van der Waals surface area (Å²) in [7, 11) is 1.36. The van der Waals surface area contributed by atoms with E-state index in [0.29, 0.717) is 8.79 Å². The summed E-state index contributed by atoms with van der Waals surface area (Å²) in [5, 5.41) is 0. The number of methoxy groups -OCH3 is 1. The van der Waals surface area contributed by atoms with Crippen LogP contribution < -0.4 is 0 Å². The number of fused-ring (bicyclic) bond motifs is 1. The lowest BCUT2D eigenvalue weighted by molar-refractivity contribution is 0.0919. The molecule has 1 heterocycles. The zero-order valence-electron chi connectivity index (χ0n) is 7.04. The first-order valence-corrected chi connectivity index (χ1v) is 5.25. The molecule has 0 fully saturated rings. The molecular formula is C8H4BrNO3S. The third-order valence-electron chi connectivity index (χ3n) is 1.75. The Balaban J connectivity index is 2.59. The van der Waals surface area contributed by atoms with Gasteiger partial charge in [-0.1, -0.05) is 0 Å². The van der Waals surface area contributed by atoms with Crippen LogP contribution in [0.5, 0.6) is 0 Å². The smallest absolute Gasteiger partial charge is 0.240 e. The lowest BCUT2D eigenvalue weighted by atomic mass is 10.1. The normalized spacial score (nSPS) is 15.1. The summed E-state index contributed by atoms with van der Waals surface area (Å²) < 4.78 is 5.32. The van der Waals surface area contributed by atoms with Crippen LogP contribution in [0.4, 0.5) is 0 Å². The summed E-state index contributed by atoms with van der Waals surface area (Å²) in [5.41, 5.74) is 0.202. The molecule has 0 spiro atoms.